The van der Waals surface area contributed by atoms with Crippen molar-refractivity contribution in [2.45, 2.75) is 50.5 Å². The quantitative estimate of drug-likeness (QED) is 0.457. The molecule has 0 amide bonds. The predicted molar refractivity (Wildman–Crippen MR) is 76.9 cm³/mol. The summed E-state index contributed by atoms with van der Waals surface area (Å²) in [6, 6.07) is 7.87. The lowest BCUT2D eigenvalue weighted by molar-refractivity contribution is -0.516. The van der Waals surface area contributed by atoms with Gasteiger partial charge in [0.1, 0.15) is 0 Å². The van der Waals surface area contributed by atoms with E-state index in [0.717, 1.165) is 4.90 Å². The van der Waals surface area contributed by atoms with E-state index in [1.54, 1.807) is 11.8 Å². The zero-order valence-corrected chi connectivity index (χ0v) is 12.3. The van der Waals surface area contributed by atoms with Crippen LogP contribution in [0.4, 0.5) is 0 Å². The molecule has 1 unspecified atom stereocenters. The Bertz CT molecular complexity index is 395. The Kier molecular flexibility index (Phi) is 5.20. The molecule has 0 aliphatic rings. The van der Waals surface area contributed by atoms with Gasteiger partial charge in [-0.2, -0.15) is 0 Å². The second-order valence-electron chi connectivity index (χ2n) is 5.43. The molecule has 0 saturated carbocycles. The summed E-state index contributed by atoms with van der Waals surface area (Å²) in [5.41, 5.74) is 1.43. The van der Waals surface area contributed by atoms with Crippen LogP contribution in [0.3, 0.4) is 0 Å². The van der Waals surface area contributed by atoms with Crippen LogP contribution in [0, 0.1) is 10.1 Å². The maximum atomic E-state index is 10.7. The average Bonchev–Trinajstić information content (AvgIpc) is 2.29. The number of hydrogen-bond donors (Lipinski definition) is 0. The molecule has 0 heterocycles. The highest BCUT2D eigenvalue weighted by atomic mass is 32.2. The molecule has 0 fully saturated rings. The number of nitrogens with zero attached hydrogens (tertiary/aromatic N) is 1. The molecule has 1 rings (SSSR count). The van der Waals surface area contributed by atoms with Crippen LogP contribution in [0.1, 0.15) is 39.7 Å². The van der Waals surface area contributed by atoms with Gasteiger partial charge in [0.2, 0.25) is 6.04 Å². The summed E-state index contributed by atoms with van der Waals surface area (Å²) in [5, 5.41) is 10.7. The van der Waals surface area contributed by atoms with Gasteiger partial charge in [0, 0.05) is 16.2 Å². The van der Waals surface area contributed by atoms with Gasteiger partial charge in [-0.25, -0.2) is 0 Å². The molecule has 0 spiro atoms. The van der Waals surface area contributed by atoms with E-state index in [-0.39, 0.29) is 10.3 Å². The fourth-order valence-electron chi connectivity index (χ4n) is 1.57. The Morgan fingerprint density at radius 3 is 2.22 bits per heavy atom. The first-order chi connectivity index (χ1) is 8.34. The third-order valence-electron chi connectivity index (χ3n) is 2.93. The maximum Gasteiger partial charge on any atom is 0.222 e. The Balaban J connectivity index is 2.62. The second-order valence-corrected chi connectivity index (χ2v) is 6.53. The number of rotatable bonds is 5. The Morgan fingerprint density at radius 2 is 1.83 bits per heavy atom. The molecule has 100 valence electrons. The van der Waals surface area contributed by atoms with Gasteiger partial charge in [-0.3, -0.25) is 10.1 Å². The summed E-state index contributed by atoms with van der Waals surface area (Å²) >= 11 is 1.56. The molecule has 0 aliphatic heterocycles. The lowest BCUT2D eigenvalue weighted by Gasteiger charge is -2.19. The normalized spacial score (nSPS) is 13.3. The van der Waals surface area contributed by atoms with Crippen molar-refractivity contribution in [2.24, 2.45) is 0 Å². The largest absolute Gasteiger partial charge is 0.264 e. The topological polar surface area (TPSA) is 43.1 Å². The van der Waals surface area contributed by atoms with Gasteiger partial charge in [0.25, 0.3) is 0 Å². The fourth-order valence-corrected chi connectivity index (χ4v) is 2.64. The van der Waals surface area contributed by atoms with Crippen LogP contribution in [0.5, 0.6) is 0 Å². The molecule has 0 aromatic heterocycles. The number of nitro groups is 1. The van der Waals surface area contributed by atoms with Crippen molar-refractivity contribution in [1.29, 1.82) is 0 Å². The van der Waals surface area contributed by atoms with Gasteiger partial charge >= 0.3 is 0 Å². The summed E-state index contributed by atoms with van der Waals surface area (Å²) in [4.78, 5) is 11.6. The van der Waals surface area contributed by atoms with Crippen molar-refractivity contribution >= 4 is 11.8 Å². The van der Waals surface area contributed by atoms with Crippen molar-refractivity contribution in [3.05, 3.63) is 39.9 Å². The third-order valence-corrected chi connectivity index (χ3v) is 4.09. The maximum absolute atomic E-state index is 10.7. The van der Waals surface area contributed by atoms with Gasteiger partial charge in [-0.05, 0) is 23.1 Å². The van der Waals surface area contributed by atoms with Crippen LogP contribution in [0.25, 0.3) is 0 Å². The van der Waals surface area contributed by atoms with Crippen LogP contribution in [0.2, 0.25) is 0 Å². The van der Waals surface area contributed by atoms with E-state index in [9.17, 15) is 10.1 Å². The van der Waals surface area contributed by atoms with Crippen molar-refractivity contribution in [3.8, 4) is 0 Å². The molecule has 0 N–H and O–H groups in total. The van der Waals surface area contributed by atoms with E-state index < -0.39 is 6.04 Å². The molecule has 0 aliphatic carbocycles. The summed E-state index contributed by atoms with van der Waals surface area (Å²) in [6.45, 7) is 8.38. The monoisotopic (exact) mass is 267 g/mol. The zero-order valence-electron chi connectivity index (χ0n) is 11.5. The van der Waals surface area contributed by atoms with E-state index in [0.29, 0.717) is 12.2 Å². The van der Waals surface area contributed by atoms with Crippen LogP contribution >= 0.6 is 11.8 Å². The summed E-state index contributed by atoms with van der Waals surface area (Å²) in [6.07, 6.45) is 0.583. The Morgan fingerprint density at radius 1 is 1.28 bits per heavy atom. The highest BCUT2D eigenvalue weighted by Crippen LogP contribution is 2.26. The van der Waals surface area contributed by atoms with Gasteiger partial charge in [0.15, 0.2) is 0 Å². The molecule has 0 saturated heterocycles. The van der Waals surface area contributed by atoms with Crippen molar-refractivity contribution in [3.63, 3.8) is 0 Å². The third kappa shape index (κ3) is 4.33. The SMILES string of the molecule is CCC(CSc1ccc(C(C)(C)C)cc1)[N+](=O)[O-]. The Labute approximate surface area is 113 Å². The van der Waals surface area contributed by atoms with Crippen molar-refractivity contribution in [2.75, 3.05) is 5.75 Å². The number of benzene rings is 1. The fraction of sp³-hybridized carbons (Fsp3) is 0.571. The van der Waals surface area contributed by atoms with Crippen molar-refractivity contribution < 1.29 is 4.92 Å². The predicted octanol–water partition coefficient (Wildman–Crippen LogP) is 4.13. The molecular weight excluding hydrogens is 246 g/mol. The van der Waals surface area contributed by atoms with Crippen LogP contribution in [-0.2, 0) is 5.41 Å². The van der Waals surface area contributed by atoms with Gasteiger partial charge in [-0.1, -0.05) is 39.8 Å². The van der Waals surface area contributed by atoms with Crippen molar-refractivity contribution in [1.82, 2.24) is 0 Å². The van der Waals surface area contributed by atoms with E-state index in [2.05, 4.69) is 45.0 Å². The minimum atomic E-state index is -0.447. The standard InChI is InChI=1S/C14H21NO2S/c1-5-12(15(16)17)10-18-13-8-6-11(7-9-13)14(2,3)4/h6-9,12H,5,10H2,1-4H3. The van der Waals surface area contributed by atoms with E-state index in [4.69, 9.17) is 0 Å². The molecule has 18 heavy (non-hydrogen) atoms. The highest BCUT2D eigenvalue weighted by Gasteiger charge is 2.18. The lowest BCUT2D eigenvalue weighted by Crippen LogP contribution is -2.20. The average molecular weight is 267 g/mol. The second kappa shape index (κ2) is 6.23. The highest BCUT2D eigenvalue weighted by molar-refractivity contribution is 7.99. The Hall–Kier alpha value is -1.03. The molecule has 0 bridgehead atoms. The minimum Gasteiger partial charge on any atom is -0.264 e. The molecule has 1 aromatic rings. The molecule has 4 heteroatoms. The first kappa shape index (κ1) is 15.0. The van der Waals surface area contributed by atoms with E-state index in [1.165, 1.54) is 5.56 Å². The molecule has 0 radical (unpaired) electrons. The van der Waals surface area contributed by atoms with Gasteiger partial charge < -0.3 is 0 Å². The first-order valence-electron chi connectivity index (χ1n) is 6.21. The summed E-state index contributed by atoms with van der Waals surface area (Å²) in [7, 11) is 0. The van der Waals surface area contributed by atoms with Gasteiger partial charge in [0.05, 0.1) is 5.75 Å². The minimum absolute atomic E-state index is 0.149. The summed E-state index contributed by atoms with van der Waals surface area (Å²) < 4.78 is 0. The molecular formula is C14H21NO2S. The van der Waals surface area contributed by atoms with Crippen LogP contribution < -0.4 is 0 Å². The first-order valence-corrected chi connectivity index (χ1v) is 7.20. The molecule has 1 atom stereocenters. The van der Waals surface area contributed by atoms with Crippen LogP contribution in [-0.4, -0.2) is 16.7 Å². The molecule has 3 nitrogen and oxygen atoms in total. The lowest BCUT2D eigenvalue weighted by atomic mass is 9.87. The van der Waals surface area contributed by atoms with E-state index in [1.807, 2.05) is 6.92 Å². The van der Waals surface area contributed by atoms with Gasteiger partial charge in [-0.15, -0.1) is 11.8 Å². The van der Waals surface area contributed by atoms with Crippen LogP contribution in [0.15, 0.2) is 29.2 Å². The smallest absolute Gasteiger partial charge is 0.222 e. The molecule has 1 aromatic carbocycles. The van der Waals surface area contributed by atoms with E-state index >= 15 is 0 Å². The number of thioether (sulfide) groups is 1. The zero-order chi connectivity index (χ0) is 13.8. The number of hydrogen-bond acceptors (Lipinski definition) is 3. The summed E-state index contributed by atoms with van der Waals surface area (Å²) in [5.74, 6) is 0.540.